The monoisotopic (exact) mass is 289 g/mol. The fourth-order valence-corrected chi connectivity index (χ4v) is 3.30. The van der Waals surface area contributed by atoms with E-state index >= 15 is 0 Å². The van der Waals surface area contributed by atoms with Crippen molar-refractivity contribution < 1.29 is 4.79 Å². The van der Waals surface area contributed by atoms with E-state index in [1.807, 2.05) is 4.90 Å². The molecule has 1 aromatic rings. The number of hydrogen-bond acceptors (Lipinski definition) is 5. The van der Waals surface area contributed by atoms with Crippen molar-refractivity contribution >= 4 is 11.7 Å². The molecule has 2 saturated heterocycles. The lowest BCUT2D eigenvalue weighted by Crippen LogP contribution is -2.41. The lowest BCUT2D eigenvalue weighted by Gasteiger charge is -2.32. The van der Waals surface area contributed by atoms with Crippen LogP contribution in [0.25, 0.3) is 0 Å². The third kappa shape index (κ3) is 3.16. The van der Waals surface area contributed by atoms with Gasteiger partial charge in [-0.25, -0.2) is 10.8 Å². The van der Waals surface area contributed by atoms with Crippen molar-refractivity contribution in [3.8, 4) is 0 Å². The summed E-state index contributed by atoms with van der Waals surface area (Å²) in [7, 11) is 0. The first-order chi connectivity index (χ1) is 10.3. The number of rotatable bonds is 3. The Morgan fingerprint density at radius 2 is 2.05 bits per heavy atom. The minimum Gasteiger partial charge on any atom is -0.337 e. The van der Waals surface area contributed by atoms with E-state index in [2.05, 4.69) is 15.3 Å². The van der Waals surface area contributed by atoms with E-state index in [9.17, 15) is 4.79 Å². The highest BCUT2D eigenvalue weighted by Gasteiger charge is 2.31. The summed E-state index contributed by atoms with van der Waals surface area (Å²) in [6.45, 7) is 4.06. The summed E-state index contributed by atoms with van der Waals surface area (Å²) in [5.41, 5.74) is 3.10. The smallest absolute Gasteiger partial charge is 0.255 e. The van der Waals surface area contributed by atoms with Crippen LogP contribution in [-0.4, -0.2) is 52.9 Å². The van der Waals surface area contributed by atoms with Crippen LogP contribution in [0, 0.1) is 0 Å². The molecular formula is C15H23N5O. The molecule has 3 N–H and O–H groups in total. The van der Waals surface area contributed by atoms with Crippen LogP contribution >= 0.6 is 0 Å². The number of hydrogen-bond donors (Lipinski definition) is 2. The first-order valence-corrected chi connectivity index (χ1v) is 7.74. The van der Waals surface area contributed by atoms with Crippen molar-refractivity contribution in [1.82, 2.24) is 14.8 Å². The van der Waals surface area contributed by atoms with Gasteiger partial charge in [0.2, 0.25) is 0 Å². The number of aromatic nitrogens is 1. The maximum absolute atomic E-state index is 12.5. The number of carbonyl (C=O) groups is 1. The SMILES string of the molecule is NNc1ccc(C(=O)N2CCC(N3CCCCC3)C2)cn1. The predicted octanol–water partition coefficient (Wildman–Crippen LogP) is 1.07. The first-order valence-electron chi connectivity index (χ1n) is 7.74. The lowest BCUT2D eigenvalue weighted by atomic mass is 10.1. The number of nitrogens with two attached hydrogens (primary N) is 1. The van der Waals surface area contributed by atoms with Gasteiger partial charge in [0, 0.05) is 25.3 Å². The van der Waals surface area contributed by atoms with Crippen LogP contribution in [0.15, 0.2) is 18.3 Å². The molecule has 2 aliphatic rings. The van der Waals surface area contributed by atoms with Crippen molar-refractivity contribution in [3.63, 3.8) is 0 Å². The molecule has 1 atom stereocenters. The average Bonchev–Trinajstić information content (AvgIpc) is 3.05. The third-order valence-corrected chi connectivity index (χ3v) is 4.52. The van der Waals surface area contributed by atoms with E-state index in [4.69, 9.17) is 5.84 Å². The maximum atomic E-state index is 12.5. The van der Waals surface area contributed by atoms with Gasteiger partial charge in [0.25, 0.3) is 5.91 Å². The van der Waals surface area contributed by atoms with E-state index in [0.29, 0.717) is 17.4 Å². The van der Waals surface area contributed by atoms with Gasteiger partial charge in [-0.15, -0.1) is 0 Å². The standard InChI is InChI=1S/C15H23N5O/c16-18-14-5-4-12(10-17-14)15(21)20-9-6-13(11-20)19-7-2-1-3-8-19/h4-5,10,13H,1-3,6-9,11,16H2,(H,17,18). The molecule has 3 rings (SSSR count). The summed E-state index contributed by atoms with van der Waals surface area (Å²) in [5.74, 6) is 5.93. The molecule has 3 heterocycles. The molecule has 0 saturated carbocycles. The highest BCUT2D eigenvalue weighted by molar-refractivity contribution is 5.94. The van der Waals surface area contributed by atoms with Gasteiger partial charge in [0.1, 0.15) is 5.82 Å². The molecule has 0 aromatic carbocycles. The second-order valence-corrected chi connectivity index (χ2v) is 5.87. The second kappa shape index (κ2) is 6.41. The van der Waals surface area contributed by atoms with Crippen LogP contribution in [0.1, 0.15) is 36.0 Å². The molecule has 0 radical (unpaired) electrons. The quantitative estimate of drug-likeness (QED) is 0.643. The summed E-state index contributed by atoms with van der Waals surface area (Å²) in [6.07, 6.45) is 6.61. The Kier molecular flexibility index (Phi) is 4.36. The number of nitrogens with zero attached hydrogens (tertiary/aromatic N) is 3. The number of nitrogen functional groups attached to an aromatic ring is 1. The largest absolute Gasteiger partial charge is 0.337 e. The van der Waals surface area contributed by atoms with Gasteiger partial charge in [-0.1, -0.05) is 6.42 Å². The van der Waals surface area contributed by atoms with Crippen molar-refractivity contribution in [2.45, 2.75) is 31.7 Å². The van der Waals surface area contributed by atoms with Crippen LogP contribution < -0.4 is 11.3 Å². The zero-order valence-corrected chi connectivity index (χ0v) is 12.3. The molecule has 6 heteroatoms. The zero-order chi connectivity index (χ0) is 14.7. The molecule has 1 unspecified atom stereocenters. The molecule has 0 aliphatic carbocycles. The highest BCUT2D eigenvalue weighted by atomic mass is 16.2. The number of piperidine rings is 1. The van der Waals surface area contributed by atoms with Crippen molar-refractivity contribution in [3.05, 3.63) is 23.9 Å². The van der Waals surface area contributed by atoms with Crippen molar-refractivity contribution in [2.75, 3.05) is 31.6 Å². The Balaban J connectivity index is 1.60. The first kappa shape index (κ1) is 14.3. The minimum absolute atomic E-state index is 0.0746. The summed E-state index contributed by atoms with van der Waals surface area (Å²) in [6, 6.07) is 4.04. The number of carbonyl (C=O) groups excluding carboxylic acids is 1. The second-order valence-electron chi connectivity index (χ2n) is 5.87. The Hall–Kier alpha value is -1.66. The molecule has 114 valence electrons. The Labute approximate surface area is 125 Å². The molecule has 6 nitrogen and oxygen atoms in total. The number of nitrogens with one attached hydrogen (secondary N) is 1. The third-order valence-electron chi connectivity index (χ3n) is 4.52. The molecular weight excluding hydrogens is 266 g/mol. The number of anilines is 1. The predicted molar refractivity (Wildman–Crippen MR) is 81.8 cm³/mol. The van der Waals surface area contributed by atoms with Crippen molar-refractivity contribution in [2.24, 2.45) is 5.84 Å². The van der Waals surface area contributed by atoms with Gasteiger partial charge in [-0.05, 0) is 44.5 Å². The fraction of sp³-hybridized carbons (Fsp3) is 0.600. The van der Waals surface area contributed by atoms with Gasteiger partial charge < -0.3 is 10.3 Å². The lowest BCUT2D eigenvalue weighted by molar-refractivity contribution is 0.0771. The molecule has 21 heavy (non-hydrogen) atoms. The molecule has 0 spiro atoms. The van der Waals surface area contributed by atoms with E-state index < -0.39 is 0 Å². The fourth-order valence-electron chi connectivity index (χ4n) is 3.30. The Morgan fingerprint density at radius 3 is 2.71 bits per heavy atom. The summed E-state index contributed by atoms with van der Waals surface area (Å²) in [5, 5.41) is 0. The molecule has 2 aliphatic heterocycles. The van der Waals surface area contributed by atoms with Crippen LogP contribution in [0.4, 0.5) is 5.82 Å². The van der Waals surface area contributed by atoms with Gasteiger partial charge in [-0.2, -0.15) is 0 Å². The summed E-state index contributed by atoms with van der Waals surface area (Å²) < 4.78 is 0. The molecule has 1 aromatic heterocycles. The normalized spacial score (nSPS) is 23.3. The summed E-state index contributed by atoms with van der Waals surface area (Å²) in [4.78, 5) is 21.1. The Bertz CT molecular complexity index is 483. The van der Waals surface area contributed by atoms with Gasteiger partial charge in [0.15, 0.2) is 0 Å². The van der Waals surface area contributed by atoms with Crippen LogP contribution in [0.5, 0.6) is 0 Å². The maximum Gasteiger partial charge on any atom is 0.255 e. The number of likely N-dealkylation sites (tertiary alicyclic amines) is 2. The van der Waals surface area contributed by atoms with Crippen LogP contribution in [0.3, 0.4) is 0 Å². The van der Waals surface area contributed by atoms with E-state index in [1.165, 1.54) is 32.4 Å². The average molecular weight is 289 g/mol. The van der Waals surface area contributed by atoms with Crippen LogP contribution in [-0.2, 0) is 0 Å². The van der Waals surface area contributed by atoms with Gasteiger partial charge in [0.05, 0.1) is 5.56 Å². The van der Waals surface area contributed by atoms with Gasteiger partial charge >= 0.3 is 0 Å². The highest BCUT2D eigenvalue weighted by Crippen LogP contribution is 2.21. The number of pyridine rings is 1. The number of amides is 1. The van der Waals surface area contributed by atoms with Crippen LogP contribution in [0.2, 0.25) is 0 Å². The van der Waals surface area contributed by atoms with E-state index in [0.717, 1.165) is 19.5 Å². The van der Waals surface area contributed by atoms with E-state index in [-0.39, 0.29) is 5.91 Å². The Morgan fingerprint density at radius 1 is 1.24 bits per heavy atom. The zero-order valence-electron chi connectivity index (χ0n) is 12.3. The molecule has 0 bridgehead atoms. The van der Waals surface area contributed by atoms with Gasteiger partial charge in [-0.3, -0.25) is 9.69 Å². The topological polar surface area (TPSA) is 74.5 Å². The number of hydrazine groups is 1. The minimum atomic E-state index is 0.0746. The molecule has 1 amide bonds. The van der Waals surface area contributed by atoms with Crippen molar-refractivity contribution in [1.29, 1.82) is 0 Å². The summed E-state index contributed by atoms with van der Waals surface area (Å²) >= 11 is 0. The molecule has 2 fully saturated rings. The van der Waals surface area contributed by atoms with E-state index in [1.54, 1.807) is 18.3 Å².